The maximum atomic E-state index is 10.8. The number of β-amino-alcohol motifs (C(OH)–C–C–N with tert-alkyl or cyclic N) is 1. The topological polar surface area (TPSA) is 35.5 Å². The predicted octanol–water partition coefficient (Wildman–Crippen LogP) is 5.38. The molecule has 4 heteroatoms. The highest BCUT2D eigenvalue weighted by Crippen LogP contribution is 2.47. The molecule has 0 aliphatic carbocycles. The van der Waals surface area contributed by atoms with Gasteiger partial charge < -0.3 is 15.3 Å². The van der Waals surface area contributed by atoms with Gasteiger partial charge in [0, 0.05) is 22.0 Å². The number of aryl methyl sites for hydroxylation is 2. The summed E-state index contributed by atoms with van der Waals surface area (Å²) in [4.78, 5) is 4.69. The molecule has 0 aromatic heterocycles. The average Bonchev–Trinajstić information content (AvgIpc) is 2.68. The first-order chi connectivity index (χ1) is 13.1. The summed E-state index contributed by atoms with van der Waals surface area (Å²) in [5.41, 5.74) is 5.81. The molecule has 3 nitrogen and oxygen atoms in total. The van der Waals surface area contributed by atoms with Crippen LogP contribution in [0.25, 0.3) is 0 Å². The lowest BCUT2D eigenvalue weighted by Crippen LogP contribution is -2.34. The fourth-order valence-electron chi connectivity index (χ4n) is 3.41. The van der Waals surface area contributed by atoms with Gasteiger partial charge in [-0.3, -0.25) is 0 Å². The average molecular weight is 377 g/mol. The van der Waals surface area contributed by atoms with Gasteiger partial charge >= 0.3 is 0 Å². The summed E-state index contributed by atoms with van der Waals surface area (Å²) < 4.78 is 0. The third kappa shape index (κ3) is 3.82. The van der Waals surface area contributed by atoms with Crippen molar-refractivity contribution in [3.05, 3.63) is 77.9 Å². The highest BCUT2D eigenvalue weighted by Gasteiger charge is 2.24. The van der Waals surface area contributed by atoms with E-state index in [9.17, 15) is 5.11 Å². The second kappa shape index (κ2) is 7.67. The van der Waals surface area contributed by atoms with Gasteiger partial charge in [-0.1, -0.05) is 48.2 Å². The number of rotatable bonds is 5. The van der Waals surface area contributed by atoms with Crippen molar-refractivity contribution in [1.29, 1.82) is 0 Å². The first-order valence-corrected chi connectivity index (χ1v) is 10.1. The Balaban J connectivity index is 1.53. The van der Waals surface area contributed by atoms with Crippen molar-refractivity contribution < 1.29 is 5.11 Å². The van der Waals surface area contributed by atoms with Gasteiger partial charge in [-0.2, -0.15) is 0 Å². The van der Waals surface area contributed by atoms with Crippen LogP contribution < -0.4 is 10.2 Å². The summed E-state index contributed by atoms with van der Waals surface area (Å²) in [6.45, 7) is 5.23. The first kappa shape index (κ1) is 18.0. The van der Waals surface area contributed by atoms with Crippen molar-refractivity contribution in [2.24, 2.45) is 0 Å². The largest absolute Gasteiger partial charge is 0.389 e. The van der Waals surface area contributed by atoms with E-state index in [1.54, 1.807) is 11.8 Å². The van der Waals surface area contributed by atoms with Crippen LogP contribution in [0, 0.1) is 13.8 Å². The standard InChI is InChI=1S/C23H24N2OS/c1-16-11-12-17(2)19(13-16)24-14-18(26)15-25-20-7-3-5-9-22(20)27-23-10-6-4-8-21(23)25/h3-13,18,24,26H,14-15H2,1-2H3. The third-order valence-electron chi connectivity index (χ3n) is 4.85. The Morgan fingerprint density at radius 3 is 2.22 bits per heavy atom. The number of benzene rings is 3. The van der Waals surface area contributed by atoms with Crippen molar-refractivity contribution in [2.75, 3.05) is 23.3 Å². The molecular weight excluding hydrogens is 352 g/mol. The van der Waals surface area contributed by atoms with E-state index in [1.807, 2.05) is 0 Å². The highest BCUT2D eigenvalue weighted by molar-refractivity contribution is 7.99. The Kier molecular flexibility index (Phi) is 5.10. The predicted molar refractivity (Wildman–Crippen MR) is 114 cm³/mol. The molecule has 1 aliphatic rings. The SMILES string of the molecule is Cc1ccc(C)c(NCC(O)CN2c3ccccc3Sc3ccccc32)c1. The molecule has 0 bridgehead atoms. The Labute approximate surface area is 165 Å². The number of nitrogens with zero attached hydrogens (tertiary/aromatic N) is 1. The summed E-state index contributed by atoms with van der Waals surface area (Å²) in [7, 11) is 0. The molecule has 1 atom stereocenters. The molecule has 2 N–H and O–H groups in total. The van der Waals surface area contributed by atoms with E-state index in [0.29, 0.717) is 13.1 Å². The van der Waals surface area contributed by atoms with E-state index in [-0.39, 0.29) is 0 Å². The third-order valence-corrected chi connectivity index (χ3v) is 5.98. The number of fused-ring (bicyclic) bond motifs is 2. The van der Waals surface area contributed by atoms with Gasteiger partial charge in [0.2, 0.25) is 0 Å². The minimum atomic E-state index is -0.492. The zero-order chi connectivity index (χ0) is 18.8. The lowest BCUT2D eigenvalue weighted by Gasteiger charge is -2.34. The number of hydrogen-bond donors (Lipinski definition) is 2. The van der Waals surface area contributed by atoms with Crippen LogP contribution in [0.2, 0.25) is 0 Å². The fraction of sp³-hybridized carbons (Fsp3) is 0.217. The smallest absolute Gasteiger partial charge is 0.0891 e. The lowest BCUT2D eigenvalue weighted by molar-refractivity contribution is 0.195. The van der Waals surface area contributed by atoms with Crippen LogP contribution in [-0.4, -0.2) is 24.3 Å². The maximum Gasteiger partial charge on any atom is 0.0891 e. The zero-order valence-electron chi connectivity index (χ0n) is 15.6. The number of para-hydroxylation sites is 2. The number of aliphatic hydroxyl groups excluding tert-OH is 1. The van der Waals surface area contributed by atoms with E-state index in [1.165, 1.54) is 20.9 Å². The molecule has 0 spiro atoms. The lowest BCUT2D eigenvalue weighted by atomic mass is 10.1. The summed E-state index contributed by atoms with van der Waals surface area (Å²) >= 11 is 1.79. The number of hydrogen-bond acceptors (Lipinski definition) is 4. The van der Waals surface area contributed by atoms with Gasteiger partial charge in [0.05, 0.1) is 24.0 Å². The highest BCUT2D eigenvalue weighted by atomic mass is 32.2. The van der Waals surface area contributed by atoms with Crippen molar-refractivity contribution in [3.8, 4) is 0 Å². The first-order valence-electron chi connectivity index (χ1n) is 9.24. The second-order valence-corrected chi connectivity index (χ2v) is 8.08. The van der Waals surface area contributed by atoms with Crippen LogP contribution >= 0.6 is 11.8 Å². The van der Waals surface area contributed by atoms with E-state index in [0.717, 1.165) is 17.1 Å². The molecule has 27 heavy (non-hydrogen) atoms. The van der Waals surface area contributed by atoms with Crippen LogP contribution in [0.5, 0.6) is 0 Å². The summed E-state index contributed by atoms with van der Waals surface area (Å²) in [6, 6.07) is 23.1. The molecule has 0 radical (unpaired) electrons. The molecule has 3 aromatic carbocycles. The molecular formula is C23H24N2OS. The van der Waals surface area contributed by atoms with Gasteiger partial charge in [0.25, 0.3) is 0 Å². The molecule has 138 valence electrons. The van der Waals surface area contributed by atoms with Crippen LogP contribution in [0.4, 0.5) is 17.1 Å². The molecule has 1 heterocycles. The molecule has 0 saturated carbocycles. The molecule has 0 amide bonds. The Morgan fingerprint density at radius 2 is 1.56 bits per heavy atom. The minimum absolute atomic E-state index is 0.492. The number of anilines is 3. The fourth-order valence-corrected chi connectivity index (χ4v) is 4.50. The Morgan fingerprint density at radius 1 is 0.926 bits per heavy atom. The van der Waals surface area contributed by atoms with Crippen LogP contribution in [-0.2, 0) is 0 Å². The van der Waals surface area contributed by atoms with Crippen LogP contribution in [0.1, 0.15) is 11.1 Å². The van der Waals surface area contributed by atoms with Crippen molar-refractivity contribution >= 4 is 28.8 Å². The van der Waals surface area contributed by atoms with E-state index < -0.39 is 6.10 Å². The Hall–Kier alpha value is -2.43. The molecule has 4 rings (SSSR count). The number of nitrogens with one attached hydrogen (secondary N) is 1. The van der Waals surface area contributed by atoms with Crippen LogP contribution in [0.15, 0.2) is 76.5 Å². The summed E-state index contributed by atoms with van der Waals surface area (Å²) in [6.07, 6.45) is -0.492. The van der Waals surface area contributed by atoms with Gasteiger partial charge in [-0.25, -0.2) is 0 Å². The van der Waals surface area contributed by atoms with Crippen molar-refractivity contribution in [3.63, 3.8) is 0 Å². The summed E-state index contributed by atoms with van der Waals surface area (Å²) in [5, 5.41) is 14.2. The van der Waals surface area contributed by atoms with Gasteiger partial charge in [-0.05, 0) is 55.3 Å². The molecule has 0 saturated heterocycles. The molecule has 1 unspecified atom stereocenters. The number of aliphatic hydroxyl groups is 1. The van der Waals surface area contributed by atoms with E-state index in [4.69, 9.17) is 0 Å². The maximum absolute atomic E-state index is 10.8. The van der Waals surface area contributed by atoms with E-state index in [2.05, 4.69) is 90.8 Å². The normalized spacial score (nSPS) is 13.7. The molecule has 3 aromatic rings. The molecule has 0 fully saturated rings. The van der Waals surface area contributed by atoms with Gasteiger partial charge in [-0.15, -0.1) is 0 Å². The van der Waals surface area contributed by atoms with E-state index >= 15 is 0 Å². The zero-order valence-corrected chi connectivity index (χ0v) is 16.5. The minimum Gasteiger partial charge on any atom is -0.389 e. The Bertz CT molecular complexity index is 911. The van der Waals surface area contributed by atoms with Crippen LogP contribution in [0.3, 0.4) is 0 Å². The van der Waals surface area contributed by atoms with Crippen molar-refractivity contribution in [1.82, 2.24) is 0 Å². The summed E-state index contributed by atoms with van der Waals surface area (Å²) in [5.74, 6) is 0. The monoisotopic (exact) mass is 376 g/mol. The quantitative estimate of drug-likeness (QED) is 0.627. The van der Waals surface area contributed by atoms with Crippen molar-refractivity contribution in [2.45, 2.75) is 29.7 Å². The second-order valence-electron chi connectivity index (χ2n) is 7.00. The molecule has 1 aliphatic heterocycles. The van der Waals surface area contributed by atoms with Gasteiger partial charge in [0.1, 0.15) is 0 Å². The van der Waals surface area contributed by atoms with Gasteiger partial charge in [0.15, 0.2) is 0 Å².